The second kappa shape index (κ2) is 69.4. The smallest absolute Gasteiger partial charge is 0.306 e. The Hall–Kier alpha value is -2.11. The summed E-state index contributed by atoms with van der Waals surface area (Å²) in [4.78, 5) is 38.4. The van der Waals surface area contributed by atoms with E-state index in [-0.39, 0.29) is 31.1 Å². The van der Waals surface area contributed by atoms with Crippen molar-refractivity contribution in [3.63, 3.8) is 0 Å². The molecule has 0 aromatic rings. The van der Waals surface area contributed by atoms with Gasteiger partial charge in [0, 0.05) is 19.3 Å². The van der Waals surface area contributed by atoms with Crippen molar-refractivity contribution in [3.05, 3.63) is 24.3 Å². The van der Waals surface area contributed by atoms with Crippen molar-refractivity contribution >= 4 is 17.9 Å². The number of hydrogen-bond acceptors (Lipinski definition) is 6. The van der Waals surface area contributed by atoms with Crippen LogP contribution in [-0.4, -0.2) is 37.2 Å². The highest BCUT2D eigenvalue weighted by atomic mass is 16.6. The van der Waals surface area contributed by atoms with Crippen LogP contribution in [-0.2, 0) is 28.6 Å². The highest BCUT2D eigenvalue weighted by Crippen LogP contribution is 2.19. The van der Waals surface area contributed by atoms with Gasteiger partial charge in [-0.05, 0) is 44.9 Å². The summed E-state index contributed by atoms with van der Waals surface area (Å²) in [5.41, 5.74) is 0. The van der Waals surface area contributed by atoms with Crippen molar-refractivity contribution < 1.29 is 28.6 Å². The predicted molar refractivity (Wildman–Crippen MR) is 349 cm³/mol. The number of esters is 3. The second-order valence-electron chi connectivity index (χ2n) is 24.9. The average molecular weight is 1130 g/mol. The first-order valence-electron chi connectivity index (χ1n) is 36.3. The van der Waals surface area contributed by atoms with Gasteiger partial charge in [0.05, 0.1) is 0 Å². The SMILES string of the molecule is CCC/C=C\C/C=C\CCCCCCCC(=O)OCC(COC(=O)CCCCCCCCCCCCCCCCCCCCCCCCCCCCCCCCCC)OC(=O)CCCCCCCCCCCCCCCCCCC. The van der Waals surface area contributed by atoms with E-state index in [0.717, 1.165) is 83.5 Å². The second-order valence-corrected chi connectivity index (χ2v) is 24.9. The normalized spacial score (nSPS) is 12.1. The Labute approximate surface area is 500 Å². The van der Waals surface area contributed by atoms with E-state index in [0.29, 0.717) is 19.3 Å². The van der Waals surface area contributed by atoms with Gasteiger partial charge in [0.2, 0.25) is 0 Å². The third kappa shape index (κ3) is 66.7. The standard InChI is InChI=1S/C74H140O6/c1-4-7-10-13-16-19-22-25-27-29-30-31-32-33-34-35-36-37-38-39-40-41-42-43-45-46-49-52-55-58-61-64-67-73(76)79-70-71(69-78-72(75)66-63-60-57-54-51-48-24-21-18-15-12-9-6-3)80-74(77)68-65-62-59-56-53-50-47-44-28-26-23-20-17-14-11-8-5-2/h12,15,21,24,71H,4-11,13-14,16-20,22-23,25-70H2,1-3H3/b15-12-,24-21-. The molecule has 1 unspecified atom stereocenters. The fourth-order valence-electron chi connectivity index (χ4n) is 11.3. The topological polar surface area (TPSA) is 78.9 Å². The van der Waals surface area contributed by atoms with Crippen molar-refractivity contribution in [2.24, 2.45) is 0 Å². The zero-order valence-corrected chi connectivity index (χ0v) is 54.4. The van der Waals surface area contributed by atoms with Crippen LogP contribution in [0, 0.1) is 0 Å². The van der Waals surface area contributed by atoms with Crippen LogP contribution >= 0.6 is 0 Å². The van der Waals surface area contributed by atoms with Gasteiger partial charge in [-0.3, -0.25) is 14.4 Å². The first kappa shape index (κ1) is 77.9. The van der Waals surface area contributed by atoms with E-state index >= 15 is 0 Å². The first-order chi connectivity index (χ1) is 39.5. The van der Waals surface area contributed by atoms with Gasteiger partial charge in [-0.25, -0.2) is 0 Å². The number of unbranched alkanes of at least 4 members (excludes halogenated alkanes) is 53. The number of allylic oxidation sites excluding steroid dienone is 4. The highest BCUT2D eigenvalue weighted by Gasteiger charge is 2.19. The molecule has 0 aliphatic heterocycles. The van der Waals surface area contributed by atoms with E-state index in [2.05, 4.69) is 45.1 Å². The molecular weight excluding hydrogens is 985 g/mol. The molecule has 0 aliphatic carbocycles. The molecule has 0 heterocycles. The molecule has 0 fully saturated rings. The van der Waals surface area contributed by atoms with Crippen LogP contribution in [0.2, 0.25) is 0 Å². The van der Waals surface area contributed by atoms with Gasteiger partial charge in [-0.1, -0.05) is 373 Å². The maximum absolute atomic E-state index is 12.9. The van der Waals surface area contributed by atoms with E-state index in [4.69, 9.17) is 14.2 Å². The number of rotatable bonds is 68. The molecule has 6 nitrogen and oxygen atoms in total. The van der Waals surface area contributed by atoms with Crippen LogP contribution in [0.25, 0.3) is 0 Å². The molecule has 0 amide bonds. The van der Waals surface area contributed by atoms with E-state index in [1.54, 1.807) is 0 Å². The molecule has 0 spiro atoms. The first-order valence-corrected chi connectivity index (χ1v) is 36.3. The maximum Gasteiger partial charge on any atom is 0.306 e. The van der Waals surface area contributed by atoms with Crippen LogP contribution in [0.3, 0.4) is 0 Å². The van der Waals surface area contributed by atoms with Crippen molar-refractivity contribution in [1.29, 1.82) is 0 Å². The highest BCUT2D eigenvalue weighted by molar-refractivity contribution is 5.71. The summed E-state index contributed by atoms with van der Waals surface area (Å²) >= 11 is 0. The maximum atomic E-state index is 12.9. The molecular formula is C74H140O6. The number of carbonyl (C=O) groups excluding carboxylic acids is 3. The summed E-state index contributed by atoms with van der Waals surface area (Å²) in [7, 11) is 0. The minimum absolute atomic E-state index is 0.0694. The predicted octanol–water partition coefficient (Wildman–Crippen LogP) is 25.0. The molecule has 0 radical (unpaired) electrons. The summed E-state index contributed by atoms with van der Waals surface area (Å²) in [5.74, 6) is -0.853. The molecule has 6 heteroatoms. The molecule has 472 valence electrons. The Morgan fingerprint density at radius 3 is 0.738 bits per heavy atom. The van der Waals surface area contributed by atoms with E-state index < -0.39 is 6.10 Å². The van der Waals surface area contributed by atoms with Gasteiger partial charge in [-0.2, -0.15) is 0 Å². The number of ether oxygens (including phenoxy) is 3. The third-order valence-corrected chi connectivity index (χ3v) is 16.7. The summed E-state index contributed by atoms with van der Waals surface area (Å²) in [6, 6.07) is 0. The van der Waals surface area contributed by atoms with Crippen LogP contribution in [0.15, 0.2) is 24.3 Å². The lowest BCUT2D eigenvalue weighted by molar-refractivity contribution is -0.167. The van der Waals surface area contributed by atoms with E-state index in [9.17, 15) is 14.4 Å². The Morgan fingerprint density at radius 1 is 0.250 bits per heavy atom. The van der Waals surface area contributed by atoms with Crippen LogP contribution in [0.4, 0.5) is 0 Å². The number of carbonyl (C=O) groups is 3. The zero-order valence-electron chi connectivity index (χ0n) is 54.4. The molecule has 0 saturated carbocycles. The van der Waals surface area contributed by atoms with Crippen molar-refractivity contribution in [1.82, 2.24) is 0 Å². The van der Waals surface area contributed by atoms with E-state index in [1.165, 1.54) is 289 Å². The third-order valence-electron chi connectivity index (χ3n) is 16.7. The van der Waals surface area contributed by atoms with Gasteiger partial charge in [0.15, 0.2) is 6.10 Å². The van der Waals surface area contributed by atoms with Gasteiger partial charge < -0.3 is 14.2 Å². The number of hydrogen-bond donors (Lipinski definition) is 0. The van der Waals surface area contributed by atoms with Crippen molar-refractivity contribution in [2.45, 2.75) is 419 Å². The monoisotopic (exact) mass is 1130 g/mol. The Balaban J connectivity index is 4.09. The Morgan fingerprint density at radius 2 is 0.475 bits per heavy atom. The van der Waals surface area contributed by atoms with Gasteiger partial charge in [-0.15, -0.1) is 0 Å². The van der Waals surface area contributed by atoms with Crippen LogP contribution < -0.4 is 0 Å². The molecule has 0 saturated heterocycles. The summed E-state index contributed by atoms with van der Waals surface area (Å²) in [6.07, 6.45) is 85.2. The van der Waals surface area contributed by atoms with Crippen LogP contribution in [0.5, 0.6) is 0 Å². The molecule has 0 rings (SSSR count). The lowest BCUT2D eigenvalue weighted by atomic mass is 10.0. The quantitative estimate of drug-likeness (QED) is 0.0261. The fraction of sp³-hybridized carbons (Fsp3) is 0.905. The average Bonchev–Trinajstić information content (AvgIpc) is 3.46. The van der Waals surface area contributed by atoms with Crippen LogP contribution in [0.1, 0.15) is 412 Å². The van der Waals surface area contributed by atoms with Gasteiger partial charge >= 0.3 is 17.9 Å². The molecule has 80 heavy (non-hydrogen) atoms. The fourth-order valence-corrected chi connectivity index (χ4v) is 11.3. The summed E-state index contributed by atoms with van der Waals surface area (Å²) in [6.45, 7) is 6.65. The molecule has 0 aliphatic rings. The van der Waals surface area contributed by atoms with Gasteiger partial charge in [0.25, 0.3) is 0 Å². The lowest BCUT2D eigenvalue weighted by Crippen LogP contribution is -2.30. The summed E-state index contributed by atoms with van der Waals surface area (Å²) < 4.78 is 17.0. The van der Waals surface area contributed by atoms with Crippen molar-refractivity contribution in [2.75, 3.05) is 13.2 Å². The molecule has 1 atom stereocenters. The van der Waals surface area contributed by atoms with Gasteiger partial charge in [0.1, 0.15) is 13.2 Å². The summed E-state index contributed by atoms with van der Waals surface area (Å²) in [5, 5.41) is 0. The van der Waals surface area contributed by atoms with Crippen molar-refractivity contribution in [3.8, 4) is 0 Å². The minimum atomic E-state index is -0.774. The van der Waals surface area contributed by atoms with E-state index in [1.807, 2.05) is 0 Å². The minimum Gasteiger partial charge on any atom is -0.462 e. The Kier molecular flexibility index (Phi) is 67.6. The molecule has 0 aromatic heterocycles. The molecule has 0 N–H and O–H groups in total. The molecule has 0 aromatic carbocycles. The largest absolute Gasteiger partial charge is 0.462 e. The molecule has 0 bridgehead atoms. The lowest BCUT2D eigenvalue weighted by Gasteiger charge is -2.18. The zero-order chi connectivity index (χ0) is 57.8. The Bertz CT molecular complexity index is 1290.